The van der Waals surface area contributed by atoms with Gasteiger partial charge in [-0.1, -0.05) is 19.1 Å². The quantitative estimate of drug-likeness (QED) is 0.769. The zero-order valence-corrected chi connectivity index (χ0v) is 12.2. The average Bonchev–Trinajstić information content (AvgIpc) is 2.45. The van der Waals surface area contributed by atoms with Crippen molar-refractivity contribution in [2.45, 2.75) is 32.7 Å². The average molecular weight is 265 g/mol. The Morgan fingerprint density at radius 2 is 2.11 bits per heavy atom. The fourth-order valence-electron chi connectivity index (χ4n) is 1.88. The van der Waals surface area contributed by atoms with Gasteiger partial charge in [0.05, 0.1) is 13.7 Å². The van der Waals surface area contributed by atoms with E-state index in [9.17, 15) is 4.79 Å². The first-order valence-electron chi connectivity index (χ1n) is 6.65. The zero-order valence-electron chi connectivity index (χ0n) is 12.2. The van der Waals surface area contributed by atoms with Gasteiger partial charge >= 0.3 is 5.97 Å². The van der Waals surface area contributed by atoms with E-state index in [1.165, 1.54) is 0 Å². The lowest BCUT2D eigenvalue weighted by Crippen LogP contribution is -2.48. The lowest BCUT2D eigenvalue weighted by molar-refractivity contribution is -0.151. The summed E-state index contributed by atoms with van der Waals surface area (Å²) >= 11 is 0. The predicted octanol–water partition coefficient (Wildman–Crippen LogP) is 2.47. The van der Waals surface area contributed by atoms with Gasteiger partial charge in [0.25, 0.3) is 0 Å². The summed E-state index contributed by atoms with van der Waals surface area (Å²) in [7, 11) is 1.61. The maximum atomic E-state index is 12.2. The van der Waals surface area contributed by atoms with Gasteiger partial charge in [0.1, 0.15) is 11.3 Å². The second-order valence-corrected chi connectivity index (χ2v) is 4.50. The molecule has 0 aliphatic carbocycles. The molecule has 0 bridgehead atoms. The van der Waals surface area contributed by atoms with Crippen molar-refractivity contribution in [1.29, 1.82) is 0 Å². The van der Waals surface area contributed by atoms with E-state index >= 15 is 0 Å². The van der Waals surface area contributed by atoms with E-state index in [-0.39, 0.29) is 5.97 Å². The van der Waals surface area contributed by atoms with E-state index < -0.39 is 5.54 Å². The first-order valence-corrected chi connectivity index (χ1v) is 6.65. The minimum Gasteiger partial charge on any atom is -0.497 e. The number of methoxy groups -OCH3 is 1. The van der Waals surface area contributed by atoms with Crippen LogP contribution in [0.1, 0.15) is 32.8 Å². The fourth-order valence-corrected chi connectivity index (χ4v) is 1.88. The highest BCUT2D eigenvalue weighted by atomic mass is 16.5. The Morgan fingerprint density at radius 1 is 1.37 bits per heavy atom. The number of nitrogens with one attached hydrogen (secondary N) is 1. The smallest absolute Gasteiger partial charge is 0.330 e. The highest BCUT2D eigenvalue weighted by Gasteiger charge is 2.36. The number of carbonyl (C=O) groups excluding carboxylic acids is 1. The molecule has 0 fully saturated rings. The number of rotatable bonds is 7. The van der Waals surface area contributed by atoms with Crippen molar-refractivity contribution in [2.75, 3.05) is 20.3 Å². The van der Waals surface area contributed by atoms with E-state index in [1.54, 1.807) is 7.11 Å². The van der Waals surface area contributed by atoms with E-state index in [1.807, 2.05) is 38.1 Å². The molecule has 0 saturated heterocycles. The van der Waals surface area contributed by atoms with Crippen LogP contribution in [0.25, 0.3) is 0 Å². The van der Waals surface area contributed by atoms with Crippen LogP contribution in [0.5, 0.6) is 5.75 Å². The van der Waals surface area contributed by atoms with Crippen LogP contribution >= 0.6 is 0 Å². The maximum Gasteiger partial charge on any atom is 0.330 e. The summed E-state index contributed by atoms with van der Waals surface area (Å²) in [5.41, 5.74) is -0.000602. The molecule has 1 unspecified atom stereocenters. The number of carbonyl (C=O) groups is 1. The highest BCUT2D eigenvalue weighted by Crippen LogP contribution is 2.26. The third-order valence-corrected chi connectivity index (χ3v) is 3.06. The maximum absolute atomic E-state index is 12.2. The Balaban J connectivity index is 3.10. The molecule has 0 spiro atoms. The van der Waals surface area contributed by atoms with Gasteiger partial charge in [-0.05, 0) is 44.5 Å². The van der Waals surface area contributed by atoms with Gasteiger partial charge in [-0.25, -0.2) is 4.79 Å². The Hall–Kier alpha value is -1.55. The largest absolute Gasteiger partial charge is 0.497 e. The van der Waals surface area contributed by atoms with E-state index in [0.717, 1.165) is 24.3 Å². The minimum absolute atomic E-state index is 0.267. The predicted molar refractivity (Wildman–Crippen MR) is 75.3 cm³/mol. The van der Waals surface area contributed by atoms with Gasteiger partial charge in [0.15, 0.2) is 0 Å². The third-order valence-electron chi connectivity index (χ3n) is 3.06. The van der Waals surface area contributed by atoms with Gasteiger partial charge < -0.3 is 9.47 Å². The third kappa shape index (κ3) is 3.70. The van der Waals surface area contributed by atoms with Crippen LogP contribution in [0.15, 0.2) is 24.3 Å². The monoisotopic (exact) mass is 265 g/mol. The standard InChI is InChI=1S/C15H23NO3/c1-5-10-16-15(3,14(17)19-6-2)12-8-7-9-13(11-12)18-4/h7-9,11,16H,5-6,10H2,1-4H3. The second-order valence-electron chi connectivity index (χ2n) is 4.50. The fraction of sp³-hybridized carbons (Fsp3) is 0.533. The van der Waals surface area contributed by atoms with E-state index in [0.29, 0.717) is 6.61 Å². The molecule has 1 atom stereocenters. The van der Waals surface area contributed by atoms with Crippen LogP contribution in [0, 0.1) is 0 Å². The van der Waals surface area contributed by atoms with Crippen LogP contribution in [0.4, 0.5) is 0 Å². The lowest BCUT2D eigenvalue weighted by Gasteiger charge is -2.29. The molecule has 0 saturated carbocycles. The van der Waals surface area contributed by atoms with Crippen LogP contribution in [0.3, 0.4) is 0 Å². The molecular formula is C15H23NO3. The normalized spacial score (nSPS) is 13.7. The molecule has 1 aromatic rings. The number of hydrogen-bond donors (Lipinski definition) is 1. The molecule has 4 heteroatoms. The number of hydrogen-bond acceptors (Lipinski definition) is 4. The molecule has 0 aliphatic rings. The summed E-state index contributed by atoms with van der Waals surface area (Å²) in [6.45, 7) is 6.82. The summed E-state index contributed by atoms with van der Waals surface area (Å²) in [4.78, 5) is 12.2. The van der Waals surface area contributed by atoms with E-state index in [4.69, 9.17) is 9.47 Å². The van der Waals surface area contributed by atoms with Crippen LogP contribution in [0.2, 0.25) is 0 Å². The van der Waals surface area contributed by atoms with Crippen molar-refractivity contribution in [3.63, 3.8) is 0 Å². The van der Waals surface area contributed by atoms with Gasteiger partial charge in [0.2, 0.25) is 0 Å². The Labute approximate surface area is 115 Å². The molecule has 0 amide bonds. The summed E-state index contributed by atoms with van der Waals surface area (Å²) in [5.74, 6) is 0.461. The molecule has 1 N–H and O–H groups in total. The van der Waals surface area contributed by atoms with Crippen molar-refractivity contribution >= 4 is 5.97 Å². The van der Waals surface area contributed by atoms with Gasteiger partial charge in [-0.2, -0.15) is 0 Å². The molecule has 4 nitrogen and oxygen atoms in total. The summed E-state index contributed by atoms with van der Waals surface area (Å²) in [5, 5.41) is 3.27. The van der Waals surface area contributed by atoms with Crippen molar-refractivity contribution in [3.8, 4) is 5.75 Å². The molecule has 0 heterocycles. The molecule has 0 aromatic heterocycles. The van der Waals surface area contributed by atoms with Gasteiger partial charge in [-0.15, -0.1) is 0 Å². The second kappa shape index (κ2) is 7.14. The van der Waals surface area contributed by atoms with Crippen molar-refractivity contribution in [2.24, 2.45) is 0 Å². The highest BCUT2D eigenvalue weighted by molar-refractivity contribution is 5.82. The van der Waals surface area contributed by atoms with Gasteiger partial charge in [-0.3, -0.25) is 5.32 Å². The van der Waals surface area contributed by atoms with Crippen LogP contribution in [-0.4, -0.2) is 26.2 Å². The molecule has 1 rings (SSSR count). The van der Waals surface area contributed by atoms with Crippen molar-refractivity contribution < 1.29 is 14.3 Å². The Kier molecular flexibility index (Phi) is 5.83. The van der Waals surface area contributed by atoms with E-state index in [2.05, 4.69) is 12.2 Å². The molecule has 0 radical (unpaired) electrons. The summed E-state index contributed by atoms with van der Waals surface area (Å²) in [6, 6.07) is 7.50. The SMILES string of the molecule is CCCNC(C)(C(=O)OCC)c1cccc(OC)c1. The molecule has 0 aliphatic heterocycles. The topological polar surface area (TPSA) is 47.6 Å². The van der Waals surface area contributed by atoms with Crippen LogP contribution < -0.4 is 10.1 Å². The Bertz CT molecular complexity index is 420. The first kappa shape index (κ1) is 15.5. The Morgan fingerprint density at radius 3 is 2.68 bits per heavy atom. The zero-order chi connectivity index (χ0) is 14.3. The number of ether oxygens (including phenoxy) is 2. The molecule has 106 valence electrons. The number of benzene rings is 1. The molecular weight excluding hydrogens is 242 g/mol. The number of esters is 1. The minimum atomic E-state index is -0.847. The van der Waals surface area contributed by atoms with Crippen molar-refractivity contribution in [3.05, 3.63) is 29.8 Å². The summed E-state index contributed by atoms with van der Waals surface area (Å²) < 4.78 is 10.4. The van der Waals surface area contributed by atoms with Gasteiger partial charge in [0, 0.05) is 0 Å². The summed E-state index contributed by atoms with van der Waals surface area (Å²) in [6.07, 6.45) is 0.943. The lowest BCUT2D eigenvalue weighted by atomic mass is 9.91. The molecule has 1 aromatic carbocycles. The van der Waals surface area contributed by atoms with Crippen molar-refractivity contribution in [1.82, 2.24) is 5.32 Å². The molecule has 19 heavy (non-hydrogen) atoms. The van der Waals surface area contributed by atoms with Crippen LogP contribution in [-0.2, 0) is 15.1 Å². The first-order chi connectivity index (χ1) is 9.08.